The van der Waals surface area contributed by atoms with Crippen LogP contribution in [0.5, 0.6) is 0 Å². The van der Waals surface area contributed by atoms with Gasteiger partial charge in [0, 0.05) is 13.5 Å². The Hall–Kier alpha value is -0.610. The Morgan fingerprint density at radius 3 is 2.41 bits per heavy atom. The minimum atomic E-state index is -0.480. The molecule has 0 fully saturated rings. The highest BCUT2D eigenvalue weighted by Gasteiger charge is 2.26. The number of amides is 1. The van der Waals surface area contributed by atoms with Gasteiger partial charge in [0.15, 0.2) is 0 Å². The van der Waals surface area contributed by atoms with Gasteiger partial charge in [-0.1, -0.05) is 13.3 Å². The van der Waals surface area contributed by atoms with Crippen LogP contribution in [0.1, 0.15) is 46.5 Å². The number of carbonyl (C=O) groups is 1. The van der Waals surface area contributed by atoms with E-state index in [0.29, 0.717) is 18.9 Å². The van der Waals surface area contributed by atoms with Gasteiger partial charge in [0.05, 0.1) is 12.1 Å². The topological polar surface area (TPSA) is 66.6 Å². The standard InChI is InChI=1S/C13H28N2O2/c1-5-11(8-9-14)6-7-12(17)15(4)13(2,3)10-16/h11,16H,5-10,14H2,1-4H3. The van der Waals surface area contributed by atoms with Gasteiger partial charge in [-0.3, -0.25) is 4.79 Å². The number of hydrogen-bond donors (Lipinski definition) is 2. The Kier molecular flexibility index (Phi) is 7.39. The summed E-state index contributed by atoms with van der Waals surface area (Å²) in [5, 5.41) is 9.21. The number of carbonyl (C=O) groups excluding carboxylic acids is 1. The van der Waals surface area contributed by atoms with Crippen LogP contribution in [0.3, 0.4) is 0 Å². The molecule has 3 N–H and O–H groups in total. The summed E-state index contributed by atoms with van der Waals surface area (Å²) < 4.78 is 0. The highest BCUT2D eigenvalue weighted by Crippen LogP contribution is 2.18. The zero-order chi connectivity index (χ0) is 13.5. The molecule has 1 unspecified atom stereocenters. The lowest BCUT2D eigenvalue weighted by molar-refractivity contribution is -0.136. The first-order valence-corrected chi connectivity index (χ1v) is 6.46. The van der Waals surface area contributed by atoms with E-state index in [4.69, 9.17) is 5.73 Å². The summed E-state index contributed by atoms with van der Waals surface area (Å²) in [5.74, 6) is 0.633. The summed E-state index contributed by atoms with van der Waals surface area (Å²) in [6.07, 6.45) is 3.48. The first-order chi connectivity index (χ1) is 7.88. The van der Waals surface area contributed by atoms with Gasteiger partial charge < -0.3 is 15.7 Å². The van der Waals surface area contributed by atoms with Gasteiger partial charge in [-0.25, -0.2) is 0 Å². The maximum atomic E-state index is 12.0. The number of aliphatic hydroxyl groups is 1. The van der Waals surface area contributed by atoms with Crippen LogP contribution < -0.4 is 5.73 Å². The molecule has 0 aromatic heterocycles. The van der Waals surface area contributed by atoms with Crippen LogP contribution in [0.4, 0.5) is 0 Å². The maximum Gasteiger partial charge on any atom is 0.222 e. The molecule has 0 bridgehead atoms. The van der Waals surface area contributed by atoms with Gasteiger partial charge in [-0.2, -0.15) is 0 Å². The minimum Gasteiger partial charge on any atom is -0.394 e. The fourth-order valence-corrected chi connectivity index (χ4v) is 1.73. The second kappa shape index (κ2) is 7.67. The Labute approximate surface area is 105 Å². The van der Waals surface area contributed by atoms with Crippen molar-refractivity contribution in [2.24, 2.45) is 11.7 Å². The first kappa shape index (κ1) is 16.4. The van der Waals surface area contributed by atoms with Crippen molar-refractivity contribution in [2.75, 3.05) is 20.2 Å². The van der Waals surface area contributed by atoms with E-state index in [-0.39, 0.29) is 12.5 Å². The molecule has 4 nitrogen and oxygen atoms in total. The molecule has 0 aliphatic rings. The Bertz CT molecular complexity index is 229. The van der Waals surface area contributed by atoms with Crippen LogP contribution in [-0.4, -0.2) is 41.7 Å². The zero-order valence-corrected chi connectivity index (χ0v) is 11.7. The first-order valence-electron chi connectivity index (χ1n) is 6.46. The summed E-state index contributed by atoms with van der Waals surface area (Å²) in [5.41, 5.74) is 5.05. The minimum absolute atomic E-state index is 0.0186. The number of rotatable bonds is 8. The third kappa shape index (κ3) is 5.50. The number of likely N-dealkylation sites (N-methyl/N-ethyl adjacent to an activating group) is 1. The molecule has 0 spiro atoms. The van der Waals surface area contributed by atoms with Crippen molar-refractivity contribution in [3.63, 3.8) is 0 Å². The molecule has 102 valence electrons. The van der Waals surface area contributed by atoms with E-state index in [2.05, 4.69) is 6.92 Å². The van der Waals surface area contributed by atoms with Gasteiger partial charge in [0.25, 0.3) is 0 Å². The largest absolute Gasteiger partial charge is 0.394 e. The van der Waals surface area contributed by atoms with Crippen LogP contribution in [0.2, 0.25) is 0 Å². The number of aliphatic hydroxyl groups excluding tert-OH is 1. The van der Waals surface area contributed by atoms with E-state index in [1.54, 1.807) is 11.9 Å². The molecular weight excluding hydrogens is 216 g/mol. The average molecular weight is 244 g/mol. The summed E-state index contributed by atoms with van der Waals surface area (Å²) in [6.45, 7) is 6.52. The SMILES string of the molecule is CCC(CCN)CCC(=O)N(C)C(C)(C)CO. The van der Waals surface area contributed by atoms with Crippen molar-refractivity contribution in [3.8, 4) is 0 Å². The summed E-state index contributed by atoms with van der Waals surface area (Å²) in [7, 11) is 1.75. The quantitative estimate of drug-likeness (QED) is 0.677. The fraction of sp³-hybridized carbons (Fsp3) is 0.923. The molecule has 1 amide bonds. The van der Waals surface area contributed by atoms with Crippen molar-refractivity contribution in [3.05, 3.63) is 0 Å². The molecule has 17 heavy (non-hydrogen) atoms. The summed E-state index contributed by atoms with van der Waals surface area (Å²) in [4.78, 5) is 13.6. The van der Waals surface area contributed by atoms with Crippen LogP contribution in [0.25, 0.3) is 0 Å². The second-order valence-electron chi connectivity index (χ2n) is 5.31. The van der Waals surface area contributed by atoms with Crippen molar-refractivity contribution >= 4 is 5.91 Å². The Balaban J connectivity index is 4.17. The molecule has 0 aliphatic heterocycles. The monoisotopic (exact) mass is 244 g/mol. The molecule has 4 heteroatoms. The zero-order valence-electron chi connectivity index (χ0n) is 11.7. The molecule has 0 saturated carbocycles. The lowest BCUT2D eigenvalue weighted by Crippen LogP contribution is -2.47. The van der Waals surface area contributed by atoms with Crippen molar-refractivity contribution < 1.29 is 9.90 Å². The lowest BCUT2D eigenvalue weighted by atomic mass is 9.95. The predicted molar refractivity (Wildman–Crippen MR) is 70.6 cm³/mol. The highest BCUT2D eigenvalue weighted by molar-refractivity contribution is 5.76. The summed E-state index contributed by atoms with van der Waals surface area (Å²) >= 11 is 0. The molecule has 0 aromatic carbocycles. The van der Waals surface area contributed by atoms with Crippen molar-refractivity contribution in [2.45, 2.75) is 52.0 Å². The Morgan fingerprint density at radius 2 is 2.00 bits per heavy atom. The van der Waals surface area contributed by atoms with Crippen molar-refractivity contribution in [1.82, 2.24) is 4.90 Å². The Morgan fingerprint density at radius 1 is 1.41 bits per heavy atom. The third-order valence-corrected chi connectivity index (χ3v) is 3.59. The number of nitrogens with two attached hydrogens (primary N) is 1. The molecule has 0 aliphatic carbocycles. The summed E-state index contributed by atoms with van der Waals surface area (Å²) in [6, 6.07) is 0. The molecule has 0 aromatic rings. The van der Waals surface area contributed by atoms with Crippen LogP contribution in [0, 0.1) is 5.92 Å². The molecule has 0 heterocycles. The van der Waals surface area contributed by atoms with Gasteiger partial charge in [0.2, 0.25) is 5.91 Å². The van der Waals surface area contributed by atoms with E-state index in [1.165, 1.54) is 0 Å². The fourth-order valence-electron chi connectivity index (χ4n) is 1.73. The highest BCUT2D eigenvalue weighted by atomic mass is 16.3. The molecule has 1 atom stereocenters. The van der Waals surface area contributed by atoms with E-state index in [0.717, 1.165) is 19.3 Å². The normalized spacial score (nSPS) is 13.5. The lowest BCUT2D eigenvalue weighted by Gasteiger charge is -2.34. The number of nitrogens with zero attached hydrogens (tertiary/aromatic N) is 1. The molecule has 0 rings (SSSR count). The molecule has 0 saturated heterocycles. The average Bonchev–Trinajstić information content (AvgIpc) is 2.32. The second-order valence-corrected chi connectivity index (χ2v) is 5.31. The smallest absolute Gasteiger partial charge is 0.222 e. The van der Waals surface area contributed by atoms with E-state index in [9.17, 15) is 9.90 Å². The van der Waals surface area contributed by atoms with E-state index >= 15 is 0 Å². The van der Waals surface area contributed by atoms with Gasteiger partial charge in [-0.05, 0) is 39.2 Å². The van der Waals surface area contributed by atoms with Gasteiger partial charge in [0.1, 0.15) is 0 Å². The van der Waals surface area contributed by atoms with Crippen LogP contribution in [-0.2, 0) is 4.79 Å². The van der Waals surface area contributed by atoms with E-state index < -0.39 is 5.54 Å². The van der Waals surface area contributed by atoms with Crippen molar-refractivity contribution in [1.29, 1.82) is 0 Å². The predicted octanol–water partition coefficient (Wildman–Crippen LogP) is 1.37. The van der Waals surface area contributed by atoms with Gasteiger partial charge >= 0.3 is 0 Å². The van der Waals surface area contributed by atoms with Crippen LogP contribution in [0.15, 0.2) is 0 Å². The maximum absolute atomic E-state index is 12.0. The molecular formula is C13H28N2O2. The third-order valence-electron chi connectivity index (χ3n) is 3.59. The van der Waals surface area contributed by atoms with Gasteiger partial charge in [-0.15, -0.1) is 0 Å². The van der Waals surface area contributed by atoms with Crippen LogP contribution >= 0.6 is 0 Å². The molecule has 0 radical (unpaired) electrons. The van der Waals surface area contributed by atoms with E-state index in [1.807, 2.05) is 13.8 Å². The number of hydrogen-bond acceptors (Lipinski definition) is 3.